The van der Waals surface area contributed by atoms with Gasteiger partial charge in [-0.3, -0.25) is 0 Å². The molecule has 27 heavy (non-hydrogen) atoms. The first-order chi connectivity index (χ1) is 12.6. The van der Waals surface area contributed by atoms with E-state index >= 15 is 0 Å². The van der Waals surface area contributed by atoms with E-state index in [2.05, 4.69) is 9.17 Å². The number of fused-ring (bicyclic) bond motifs is 1. The molecule has 8 nitrogen and oxygen atoms in total. The number of ether oxygens (including phenoxy) is 4. The summed E-state index contributed by atoms with van der Waals surface area (Å²) in [6.45, 7) is 1.11. The Bertz CT molecular complexity index is 916. The molecule has 1 aromatic heterocycles. The maximum atomic E-state index is 12.7. The molecule has 2 rings (SSSR count). The zero-order valence-corrected chi connectivity index (χ0v) is 15.3. The fourth-order valence-electron chi connectivity index (χ4n) is 2.08. The van der Waals surface area contributed by atoms with Crippen molar-refractivity contribution in [3.63, 3.8) is 0 Å². The Morgan fingerprint density at radius 1 is 1.04 bits per heavy atom. The third-order valence-corrected chi connectivity index (χ3v) is 4.05. The first kappa shape index (κ1) is 21.0. The van der Waals surface area contributed by atoms with Crippen molar-refractivity contribution < 1.29 is 44.7 Å². The number of halogens is 3. The zero-order valence-electron chi connectivity index (χ0n) is 14.5. The van der Waals surface area contributed by atoms with Crippen LogP contribution in [0.15, 0.2) is 18.2 Å². The van der Waals surface area contributed by atoms with Gasteiger partial charge in [-0.25, -0.2) is 4.98 Å². The van der Waals surface area contributed by atoms with Gasteiger partial charge in [-0.1, -0.05) is 0 Å². The molecule has 0 bridgehead atoms. The Morgan fingerprint density at radius 3 is 2.26 bits per heavy atom. The van der Waals surface area contributed by atoms with Crippen molar-refractivity contribution >= 4 is 20.9 Å². The molecule has 0 atom stereocenters. The molecule has 0 radical (unpaired) electrons. The summed E-state index contributed by atoms with van der Waals surface area (Å²) in [5.74, 6) is -0.544. The average molecular weight is 411 g/mol. The number of hydrogen-bond acceptors (Lipinski definition) is 8. The van der Waals surface area contributed by atoms with Crippen LogP contribution in [0.4, 0.5) is 13.2 Å². The van der Waals surface area contributed by atoms with Crippen molar-refractivity contribution in [1.29, 1.82) is 0 Å². The van der Waals surface area contributed by atoms with Crippen LogP contribution in [0.1, 0.15) is 5.69 Å². The fourth-order valence-corrected chi connectivity index (χ4v) is 2.51. The quantitative estimate of drug-likeness (QED) is 0.372. The number of aryl methyl sites for hydroxylation is 1. The van der Waals surface area contributed by atoms with Gasteiger partial charge in [0, 0.05) is 26.0 Å². The van der Waals surface area contributed by atoms with Gasteiger partial charge < -0.3 is 23.1 Å². The summed E-state index contributed by atoms with van der Waals surface area (Å²) >= 11 is 0. The molecule has 1 heterocycles. The average Bonchev–Trinajstić information content (AvgIpc) is 2.55. The maximum absolute atomic E-state index is 12.7. The summed E-state index contributed by atoms with van der Waals surface area (Å²) in [5.41, 5.74) is -5.39. The van der Waals surface area contributed by atoms with Crippen LogP contribution in [0.25, 0.3) is 10.8 Å². The van der Waals surface area contributed by atoms with E-state index in [1.165, 1.54) is 39.3 Å². The molecular weight excluding hydrogens is 395 g/mol. The molecule has 12 heteroatoms. The summed E-state index contributed by atoms with van der Waals surface area (Å²) in [4.78, 5) is 3.77. The number of alkyl halides is 3. The minimum Gasteiger partial charge on any atom is -0.467 e. The van der Waals surface area contributed by atoms with Gasteiger partial charge in [-0.05, 0) is 24.4 Å². The number of benzene rings is 1. The summed E-state index contributed by atoms with van der Waals surface area (Å²) in [5, 5.41) is 0.199. The van der Waals surface area contributed by atoms with Crippen molar-refractivity contribution in [1.82, 2.24) is 4.98 Å². The van der Waals surface area contributed by atoms with Crippen molar-refractivity contribution in [2.24, 2.45) is 0 Å². The maximum Gasteiger partial charge on any atom is 0.534 e. The van der Waals surface area contributed by atoms with Gasteiger partial charge in [0.25, 0.3) is 0 Å². The van der Waals surface area contributed by atoms with Gasteiger partial charge in [0.05, 0.1) is 5.39 Å². The second kappa shape index (κ2) is 8.15. The van der Waals surface area contributed by atoms with Crippen LogP contribution in [0.3, 0.4) is 0 Å². The molecule has 150 valence electrons. The minimum absolute atomic E-state index is 0.0414. The summed E-state index contributed by atoms with van der Waals surface area (Å²) in [7, 11) is -3.18. The first-order valence-corrected chi connectivity index (χ1v) is 8.69. The van der Waals surface area contributed by atoms with Gasteiger partial charge in [-0.15, -0.1) is 0 Å². The highest BCUT2D eigenvalue weighted by Crippen LogP contribution is 2.39. The Labute approximate surface area is 152 Å². The highest BCUT2D eigenvalue weighted by molar-refractivity contribution is 7.88. The van der Waals surface area contributed by atoms with Crippen molar-refractivity contribution in [3.05, 3.63) is 23.9 Å². The molecule has 0 saturated heterocycles. The standard InChI is InChI=1S/C15H16F3NO7S/c1-9-4-10-5-11(24-7-22-2)6-12(25-8-23-3)13(10)14(19-9)26-27(20,21)15(16,17)18/h4-6H,7-8H2,1-3H3. The van der Waals surface area contributed by atoms with Gasteiger partial charge in [0.1, 0.15) is 11.5 Å². The number of rotatable bonds is 8. The minimum atomic E-state index is -5.92. The smallest absolute Gasteiger partial charge is 0.467 e. The highest BCUT2D eigenvalue weighted by atomic mass is 32.2. The van der Waals surface area contributed by atoms with Crippen LogP contribution < -0.4 is 13.7 Å². The van der Waals surface area contributed by atoms with Crippen LogP contribution in [-0.2, 0) is 19.6 Å². The molecule has 1 aromatic carbocycles. The van der Waals surface area contributed by atoms with Crippen molar-refractivity contribution in [2.75, 3.05) is 27.8 Å². The molecule has 0 spiro atoms. The summed E-state index contributed by atoms with van der Waals surface area (Å²) in [6, 6.07) is 4.28. The van der Waals surface area contributed by atoms with Gasteiger partial charge in [-0.2, -0.15) is 21.6 Å². The lowest BCUT2D eigenvalue weighted by atomic mass is 10.1. The molecule has 0 N–H and O–H groups in total. The van der Waals surface area contributed by atoms with E-state index in [9.17, 15) is 21.6 Å². The van der Waals surface area contributed by atoms with Gasteiger partial charge >= 0.3 is 15.6 Å². The monoisotopic (exact) mass is 411 g/mol. The SMILES string of the molecule is COCOc1cc(OCOC)c2c(OS(=O)(=O)C(F)(F)F)nc(C)cc2c1. The van der Waals surface area contributed by atoms with E-state index in [1.54, 1.807) is 0 Å². The summed E-state index contributed by atoms with van der Waals surface area (Å²) < 4.78 is 85.4. The van der Waals surface area contributed by atoms with E-state index in [0.717, 1.165) is 0 Å². The van der Waals surface area contributed by atoms with Crippen LogP contribution in [-0.4, -0.2) is 46.7 Å². The number of aromatic nitrogens is 1. The fraction of sp³-hybridized carbons (Fsp3) is 0.400. The Kier molecular flexibility index (Phi) is 6.34. The lowest BCUT2D eigenvalue weighted by Crippen LogP contribution is -2.28. The highest BCUT2D eigenvalue weighted by Gasteiger charge is 2.49. The lowest BCUT2D eigenvalue weighted by molar-refractivity contribution is -0.0501. The van der Waals surface area contributed by atoms with Crippen LogP contribution >= 0.6 is 0 Å². The van der Waals surface area contributed by atoms with E-state index in [-0.39, 0.29) is 41.6 Å². The Balaban J connectivity index is 2.66. The molecule has 2 aromatic rings. The molecule has 0 aliphatic rings. The van der Waals surface area contributed by atoms with Gasteiger partial charge in [0.2, 0.25) is 5.88 Å². The third kappa shape index (κ3) is 4.90. The molecule has 0 aliphatic heterocycles. The van der Waals surface area contributed by atoms with E-state index in [0.29, 0.717) is 0 Å². The molecule has 0 fully saturated rings. The van der Waals surface area contributed by atoms with Gasteiger partial charge in [0.15, 0.2) is 13.6 Å². The first-order valence-electron chi connectivity index (χ1n) is 7.28. The molecular formula is C15H16F3NO7S. The lowest BCUT2D eigenvalue weighted by Gasteiger charge is -2.16. The number of nitrogens with zero attached hydrogens (tertiary/aromatic N) is 1. The van der Waals surface area contributed by atoms with E-state index in [4.69, 9.17) is 18.9 Å². The van der Waals surface area contributed by atoms with Crippen molar-refractivity contribution in [2.45, 2.75) is 12.4 Å². The molecule has 0 unspecified atom stereocenters. The van der Waals surface area contributed by atoms with E-state index < -0.39 is 21.5 Å². The predicted molar refractivity (Wildman–Crippen MR) is 87.1 cm³/mol. The Morgan fingerprint density at radius 2 is 1.67 bits per heavy atom. The topological polar surface area (TPSA) is 93.2 Å². The van der Waals surface area contributed by atoms with Crippen LogP contribution in [0.5, 0.6) is 17.4 Å². The molecule has 0 aliphatic carbocycles. The largest absolute Gasteiger partial charge is 0.534 e. The van der Waals surface area contributed by atoms with Crippen LogP contribution in [0.2, 0.25) is 0 Å². The third-order valence-electron chi connectivity index (χ3n) is 3.11. The summed E-state index contributed by atoms with van der Waals surface area (Å²) in [6.07, 6.45) is 0. The number of hydrogen-bond donors (Lipinski definition) is 0. The molecule has 0 amide bonds. The van der Waals surface area contributed by atoms with E-state index in [1.807, 2.05) is 0 Å². The molecule has 0 saturated carbocycles. The van der Waals surface area contributed by atoms with Crippen molar-refractivity contribution in [3.8, 4) is 17.4 Å². The zero-order chi connectivity index (χ0) is 20.2. The number of pyridine rings is 1. The Hall–Kier alpha value is -2.31. The number of methoxy groups -OCH3 is 2. The van der Waals surface area contributed by atoms with Crippen LogP contribution in [0, 0.1) is 6.92 Å². The predicted octanol–water partition coefficient (Wildman–Crippen LogP) is 2.74. The second-order valence-corrected chi connectivity index (χ2v) is 6.71. The normalized spacial score (nSPS) is 12.2. The second-order valence-electron chi connectivity index (χ2n) is 5.17.